The number of aryl methyl sites for hydroxylation is 2. The van der Waals surface area contributed by atoms with Crippen molar-refractivity contribution in [3.63, 3.8) is 0 Å². The molecule has 98 valence electrons. The van der Waals surface area contributed by atoms with Crippen LogP contribution in [0.3, 0.4) is 0 Å². The van der Waals surface area contributed by atoms with Gasteiger partial charge in [-0.05, 0) is 0 Å². The van der Waals surface area contributed by atoms with Crippen LogP contribution in [0.4, 0.5) is 0 Å². The van der Waals surface area contributed by atoms with Gasteiger partial charge >= 0.3 is 26.2 Å². The van der Waals surface area contributed by atoms with E-state index in [1.165, 1.54) is 16.3 Å². The zero-order valence-corrected chi connectivity index (χ0v) is 16.4. The molecule has 1 aliphatic carbocycles. The zero-order valence-electron chi connectivity index (χ0n) is 11.3. The van der Waals surface area contributed by atoms with Gasteiger partial charge in [0.2, 0.25) is 0 Å². The predicted molar refractivity (Wildman–Crippen MR) is 68.5 cm³/mol. The molecule has 0 bridgehead atoms. The van der Waals surface area contributed by atoms with E-state index in [4.69, 9.17) is 0 Å². The second-order valence-electron chi connectivity index (χ2n) is 4.11. The fraction of sp³-hybridized carbons (Fsp3) is 0.385. The molecule has 0 saturated carbocycles. The van der Waals surface area contributed by atoms with Gasteiger partial charge in [-0.3, -0.25) is 6.08 Å². The average molecular weight is 380 g/mol. The van der Waals surface area contributed by atoms with E-state index in [1.807, 2.05) is 13.1 Å². The summed E-state index contributed by atoms with van der Waals surface area (Å²) in [6.45, 7) is 8.75. The van der Waals surface area contributed by atoms with Crippen molar-refractivity contribution < 1.29 is 51.0 Å². The van der Waals surface area contributed by atoms with Crippen molar-refractivity contribution in [1.82, 2.24) is 4.98 Å². The van der Waals surface area contributed by atoms with Crippen LogP contribution in [0, 0.1) is 26.1 Å². The summed E-state index contributed by atoms with van der Waals surface area (Å²) in [5.74, 6) is 0. The second kappa shape index (κ2) is 12.5. The molecule has 0 amide bonds. The Balaban J connectivity index is -0.000000215. The number of aromatic nitrogens is 1. The number of hydrogen-bond donors (Lipinski definition) is 1. The maximum Gasteiger partial charge on any atom is 4.00 e. The Kier molecular flexibility index (Phi) is 16.3. The smallest absolute Gasteiger partial charge is 1.00 e. The third-order valence-electron chi connectivity index (χ3n) is 2.48. The van der Waals surface area contributed by atoms with E-state index in [2.05, 4.69) is 49.4 Å². The summed E-state index contributed by atoms with van der Waals surface area (Å²) in [6.07, 6.45) is 13.7. The number of halogens is 2. The van der Waals surface area contributed by atoms with Gasteiger partial charge in [0.05, 0.1) is 0 Å². The van der Waals surface area contributed by atoms with Crippen LogP contribution in [-0.2, 0) is 26.2 Å². The van der Waals surface area contributed by atoms with Crippen LogP contribution >= 0.6 is 0 Å². The molecule has 0 fully saturated rings. The average Bonchev–Trinajstić information content (AvgIpc) is 2.80. The van der Waals surface area contributed by atoms with E-state index in [9.17, 15) is 0 Å². The van der Waals surface area contributed by atoms with Crippen LogP contribution < -0.4 is 24.8 Å². The van der Waals surface area contributed by atoms with Gasteiger partial charge in [0.15, 0.2) is 0 Å². The SMILES string of the molecule is C[SiH](C)C1=[C-]CC=C1.Cc1[c-][nH]cc1C.[Cl-].[Cl-].[Zr+4]. The molecule has 1 aliphatic rings. The van der Waals surface area contributed by atoms with Crippen LogP contribution in [0.5, 0.6) is 0 Å². The molecule has 1 nitrogen and oxygen atoms in total. The first kappa shape index (κ1) is 23.5. The molecule has 2 rings (SSSR count). The van der Waals surface area contributed by atoms with Gasteiger partial charge in [-0.1, -0.05) is 26.9 Å². The van der Waals surface area contributed by atoms with Gasteiger partial charge in [0, 0.05) is 8.80 Å². The maximum atomic E-state index is 3.32. The second-order valence-corrected chi connectivity index (χ2v) is 7.05. The normalized spacial score (nSPS) is 11.5. The Morgan fingerprint density at radius 2 is 1.83 bits per heavy atom. The summed E-state index contributed by atoms with van der Waals surface area (Å²) in [6, 6.07) is 0. The predicted octanol–water partition coefficient (Wildman–Crippen LogP) is -2.86. The molecular weight excluding hydrogens is 360 g/mol. The van der Waals surface area contributed by atoms with Gasteiger partial charge in [-0.2, -0.15) is 17.2 Å². The first-order chi connectivity index (χ1) is 7.11. The quantitative estimate of drug-likeness (QED) is 0.399. The van der Waals surface area contributed by atoms with Crippen LogP contribution in [0.2, 0.25) is 13.1 Å². The summed E-state index contributed by atoms with van der Waals surface area (Å²) in [5, 5.41) is 1.50. The Labute approximate surface area is 144 Å². The van der Waals surface area contributed by atoms with Crippen LogP contribution in [-0.4, -0.2) is 13.8 Å². The number of hydrogen-bond acceptors (Lipinski definition) is 0. The number of allylic oxidation sites excluding steroid dienone is 4. The minimum Gasteiger partial charge on any atom is -1.00 e. The molecule has 0 atom stereocenters. The number of H-pyrrole nitrogens is 1. The third kappa shape index (κ3) is 8.53. The van der Waals surface area contributed by atoms with Crippen molar-refractivity contribution in [3.8, 4) is 0 Å². The number of nitrogens with one attached hydrogen (secondary N) is 1. The summed E-state index contributed by atoms with van der Waals surface area (Å²) < 4.78 is 0. The minimum absolute atomic E-state index is 0. The van der Waals surface area contributed by atoms with E-state index < -0.39 is 8.80 Å². The maximum absolute atomic E-state index is 3.32. The zero-order chi connectivity index (χ0) is 11.3. The number of aromatic amines is 1. The van der Waals surface area contributed by atoms with Crippen LogP contribution in [0.1, 0.15) is 17.5 Å². The number of rotatable bonds is 1. The molecule has 0 radical (unpaired) electrons. The third-order valence-corrected chi connectivity index (χ3v) is 4.12. The first-order valence-corrected chi connectivity index (χ1v) is 8.29. The molecule has 1 aromatic rings. The monoisotopic (exact) mass is 377 g/mol. The van der Waals surface area contributed by atoms with Crippen LogP contribution in [0.15, 0.2) is 23.5 Å². The molecule has 5 heteroatoms. The fourth-order valence-electron chi connectivity index (χ4n) is 1.28. The molecule has 0 spiro atoms. The standard InChI is InChI=1S/C7H11Si.C6H8N.2ClH.Zr/c1-8(2)7-5-3-4-6-7;1-5-3-7-4-6(5)2;;;/h3,5,8H,4H2,1-2H3;3,7H,1-2H3;2*1H;/q2*-1;;;+4/p-2. The van der Waals surface area contributed by atoms with E-state index in [-0.39, 0.29) is 51.0 Å². The minimum atomic E-state index is -0.504. The largest absolute Gasteiger partial charge is 4.00 e. The molecule has 0 saturated heterocycles. The molecule has 0 aliphatic heterocycles. The van der Waals surface area contributed by atoms with Crippen molar-refractivity contribution in [2.24, 2.45) is 0 Å². The van der Waals surface area contributed by atoms with E-state index >= 15 is 0 Å². The molecule has 0 unspecified atom stereocenters. The van der Waals surface area contributed by atoms with Crippen molar-refractivity contribution >= 4 is 8.80 Å². The van der Waals surface area contributed by atoms with Gasteiger partial charge < -0.3 is 29.8 Å². The molecular formula is C13H19Cl2NSiZr. The van der Waals surface area contributed by atoms with Crippen molar-refractivity contribution in [1.29, 1.82) is 0 Å². The van der Waals surface area contributed by atoms with Gasteiger partial charge in [-0.25, -0.2) is 11.3 Å². The van der Waals surface area contributed by atoms with Crippen LogP contribution in [0.25, 0.3) is 0 Å². The Bertz CT molecular complexity index is 356. The van der Waals surface area contributed by atoms with Gasteiger partial charge in [0.1, 0.15) is 0 Å². The fourth-order valence-corrected chi connectivity index (χ4v) is 2.32. The van der Waals surface area contributed by atoms with E-state index in [0.717, 1.165) is 6.42 Å². The molecule has 1 aromatic heterocycles. The van der Waals surface area contributed by atoms with Crippen molar-refractivity contribution in [2.45, 2.75) is 33.4 Å². The van der Waals surface area contributed by atoms with Crippen molar-refractivity contribution in [2.75, 3.05) is 0 Å². The molecule has 1 N–H and O–H groups in total. The molecule has 1 heterocycles. The van der Waals surface area contributed by atoms with Crippen molar-refractivity contribution in [3.05, 3.63) is 46.9 Å². The Morgan fingerprint density at radius 3 is 2.00 bits per heavy atom. The first-order valence-electron chi connectivity index (χ1n) is 5.40. The van der Waals surface area contributed by atoms with Gasteiger partial charge in [-0.15, -0.1) is 18.8 Å². The van der Waals surface area contributed by atoms with E-state index in [0.29, 0.717) is 0 Å². The molecule has 0 aromatic carbocycles. The summed E-state index contributed by atoms with van der Waals surface area (Å²) in [5.41, 5.74) is 2.49. The van der Waals surface area contributed by atoms with Gasteiger partial charge in [0.25, 0.3) is 0 Å². The Hall–Kier alpha value is 0.440. The summed E-state index contributed by atoms with van der Waals surface area (Å²) in [7, 11) is -0.504. The summed E-state index contributed by atoms with van der Waals surface area (Å²) in [4.78, 5) is 2.87. The molecule has 18 heavy (non-hydrogen) atoms. The Morgan fingerprint density at radius 1 is 1.22 bits per heavy atom. The van der Waals surface area contributed by atoms with E-state index in [1.54, 1.807) is 0 Å². The summed E-state index contributed by atoms with van der Waals surface area (Å²) >= 11 is 0. The topological polar surface area (TPSA) is 15.8 Å².